The summed E-state index contributed by atoms with van der Waals surface area (Å²) in [4.78, 5) is 12.4. The molecule has 134 valence electrons. The van der Waals surface area contributed by atoms with Gasteiger partial charge >= 0.3 is 0 Å². The fourth-order valence-electron chi connectivity index (χ4n) is 2.43. The van der Waals surface area contributed by atoms with Gasteiger partial charge in [0.15, 0.2) is 5.76 Å². The van der Waals surface area contributed by atoms with Crippen LogP contribution >= 0.6 is 15.9 Å². The molecule has 27 heavy (non-hydrogen) atoms. The Kier molecular flexibility index (Phi) is 4.55. The number of amides is 1. The molecule has 2 aromatic carbocycles. The minimum absolute atomic E-state index is 0.0484. The van der Waals surface area contributed by atoms with E-state index in [0.717, 1.165) is 0 Å². The van der Waals surface area contributed by atoms with Crippen molar-refractivity contribution in [2.24, 2.45) is 0 Å². The maximum absolute atomic E-state index is 13.8. The largest absolute Gasteiger partial charge is 0.459 e. The van der Waals surface area contributed by atoms with Crippen LogP contribution in [0.5, 0.6) is 0 Å². The van der Waals surface area contributed by atoms with Crippen LogP contribution in [-0.4, -0.2) is 16.1 Å². The Hall–Kier alpha value is -3.26. The van der Waals surface area contributed by atoms with Crippen molar-refractivity contribution >= 4 is 27.5 Å². The van der Waals surface area contributed by atoms with Crippen LogP contribution in [-0.2, 0) is 0 Å². The lowest BCUT2D eigenvalue weighted by Crippen LogP contribution is -2.14. The molecule has 6 nitrogen and oxygen atoms in total. The quantitative estimate of drug-likeness (QED) is 0.486. The van der Waals surface area contributed by atoms with Crippen LogP contribution in [0.3, 0.4) is 0 Å². The smallest absolute Gasteiger partial charge is 0.283 e. The topological polar surface area (TPSA) is 81.2 Å². The molecule has 0 spiro atoms. The molecule has 0 atom stereocenters. The third-order valence-corrected chi connectivity index (χ3v) is 4.43. The van der Waals surface area contributed by atoms with Crippen molar-refractivity contribution in [1.29, 1.82) is 0 Å². The molecule has 1 N–H and O–H groups in total. The van der Waals surface area contributed by atoms with Crippen molar-refractivity contribution in [1.82, 2.24) is 10.2 Å². The van der Waals surface area contributed by atoms with E-state index in [-0.39, 0.29) is 17.3 Å². The van der Waals surface area contributed by atoms with Gasteiger partial charge in [-0.3, -0.25) is 4.79 Å². The van der Waals surface area contributed by atoms with E-state index in [4.69, 9.17) is 8.83 Å². The van der Waals surface area contributed by atoms with E-state index in [1.54, 1.807) is 36.4 Å². The number of rotatable bonds is 4. The predicted octanol–water partition coefficient (Wildman–Crippen LogP) is 5.15. The number of hydrogen-bond acceptors (Lipinski definition) is 5. The normalized spacial score (nSPS) is 10.7. The van der Waals surface area contributed by atoms with Crippen LogP contribution in [0.4, 0.5) is 10.1 Å². The van der Waals surface area contributed by atoms with Crippen molar-refractivity contribution in [3.8, 4) is 23.1 Å². The molecule has 4 rings (SSSR count). The van der Waals surface area contributed by atoms with Crippen molar-refractivity contribution in [3.63, 3.8) is 0 Å². The molecule has 0 aliphatic carbocycles. The molecule has 0 saturated carbocycles. The highest BCUT2D eigenvalue weighted by atomic mass is 79.9. The van der Waals surface area contributed by atoms with Crippen LogP contribution in [0.2, 0.25) is 0 Å². The molecular formula is C19H11BrFN3O3. The second kappa shape index (κ2) is 7.16. The number of carbonyl (C=O) groups excluding carboxylic acids is 1. The summed E-state index contributed by atoms with van der Waals surface area (Å²) in [6, 6.07) is 14.3. The number of nitrogens with one attached hydrogen (secondary N) is 1. The Morgan fingerprint density at radius 1 is 1.04 bits per heavy atom. The number of hydrogen-bond donors (Lipinski definition) is 1. The molecule has 2 heterocycles. The second-order valence-electron chi connectivity index (χ2n) is 5.52. The summed E-state index contributed by atoms with van der Waals surface area (Å²) in [5.74, 6) is -0.195. The Labute approximate surface area is 161 Å². The number of benzene rings is 2. The predicted molar refractivity (Wildman–Crippen MR) is 99.5 cm³/mol. The third kappa shape index (κ3) is 3.52. The highest BCUT2D eigenvalue weighted by Crippen LogP contribution is 2.30. The Morgan fingerprint density at radius 3 is 2.63 bits per heavy atom. The maximum atomic E-state index is 13.8. The zero-order valence-corrected chi connectivity index (χ0v) is 15.2. The van der Waals surface area contributed by atoms with E-state index in [1.807, 2.05) is 0 Å². The first kappa shape index (κ1) is 17.2. The van der Waals surface area contributed by atoms with E-state index in [1.165, 1.54) is 24.5 Å². The molecule has 4 aromatic rings. The zero-order valence-electron chi connectivity index (χ0n) is 13.6. The molecule has 0 fully saturated rings. The number of aromatic nitrogens is 2. The van der Waals surface area contributed by atoms with Gasteiger partial charge in [0.25, 0.3) is 11.8 Å². The minimum Gasteiger partial charge on any atom is -0.459 e. The minimum atomic E-state index is -0.595. The van der Waals surface area contributed by atoms with Gasteiger partial charge in [0.2, 0.25) is 5.89 Å². The highest BCUT2D eigenvalue weighted by Gasteiger charge is 2.16. The van der Waals surface area contributed by atoms with Crippen molar-refractivity contribution in [2.45, 2.75) is 0 Å². The fraction of sp³-hybridized carbons (Fsp3) is 0. The van der Waals surface area contributed by atoms with Gasteiger partial charge in [0, 0.05) is 10.0 Å². The summed E-state index contributed by atoms with van der Waals surface area (Å²) in [5.41, 5.74) is 0.985. The molecule has 0 aliphatic heterocycles. The van der Waals surface area contributed by atoms with Gasteiger partial charge < -0.3 is 14.2 Å². The highest BCUT2D eigenvalue weighted by molar-refractivity contribution is 9.10. The number of halogens is 2. The summed E-state index contributed by atoms with van der Waals surface area (Å²) in [6.07, 6.45) is 1.51. The monoisotopic (exact) mass is 427 g/mol. The first-order valence-corrected chi connectivity index (χ1v) is 8.64. The zero-order chi connectivity index (χ0) is 18.8. The van der Waals surface area contributed by atoms with Gasteiger partial charge in [0.05, 0.1) is 17.5 Å². The van der Waals surface area contributed by atoms with Gasteiger partial charge in [-0.2, -0.15) is 0 Å². The van der Waals surface area contributed by atoms with E-state index < -0.39 is 11.7 Å². The summed E-state index contributed by atoms with van der Waals surface area (Å²) in [5, 5.41) is 10.6. The van der Waals surface area contributed by atoms with Crippen LogP contribution in [0.15, 0.2) is 74.2 Å². The van der Waals surface area contributed by atoms with Crippen LogP contribution < -0.4 is 5.32 Å². The molecule has 0 radical (unpaired) electrons. The van der Waals surface area contributed by atoms with Crippen molar-refractivity contribution < 1.29 is 18.0 Å². The van der Waals surface area contributed by atoms with Crippen LogP contribution in [0.1, 0.15) is 10.4 Å². The molecule has 0 bridgehead atoms. The standard InChI is InChI=1S/C19H11BrFN3O3/c20-13-8-7-11(18-23-24-19(27-18)16-6-3-9-26-16)10-15(13)22-17(25)12-4-1-2-5-14(12)21/h1-10H,(H,22,25). The fourth-order valence-corrected chi connectivity index (χ4v) is 2.77. The van der Waals surface area contributed by atoms with Crippen molar-refractivity contribution in [3.05, 3.63) is 76.7 Å². The summed E-state index contributed by atoms with van der Waals surface area (Å²) >= 11 is 3.37. The summed E-state index contributed by atoms with van der Waals surface area (Å²) in [7, 11) is 0. The first-order valence-electron chi connectivity index (χ1n) is 7.85. The molecule has 0 unspecified atom stereocenters. The van der Waals surface area contributed by atoms with Crippen LogP contribution in [0, 0.1) is 5.82 Å². The summed E-state index contributed by atoms with van der Waals surface area (Å²) < 4.78 is 25.3. The lowest BCUT2D eigenvalue weighted by Gasteiger charge is -2.09. The number of furan rings is 1. The van der Waals surface area contributed by atoms with E-state index in [2.05, 4.69) is 31.4 Å². The second-order valence-corrected chi connectivity index (χ2v) is 6.37. The molecule has 8 heteroatoms. The van der Waals surface area contributed by atoms with Crippen LogP contribution in [0.25, 0.3) is 23.1 Å². The van der Waals surface area contributed by atoms with Gasteiger partial charge in [0.1, 0.15) is 5.82 Å². The van der Waals surface area contributed by atoms with E-state index >= 15 is 0 Å². The molecular weight excluding hydrogens is 417 g/mol. The average molecular weight is 428 g/mol. The van der Waals surface area contributed by atoms with E-state index in [0.29, 0.717) is 21.5 Å². The molecule has 1 amide bonds. The number of carbonyl (C=O) groups is 1. The Bertz CT molecular complexity index is 1110. The van der Waals surface area contributed by atoms with Gasteiger partial charge in [-0.15, -0.1) is 10.2 Å². The van der Waals surface area contributed by atoms with Crippen molar-refractivity contribution in [2.75, 3.05) is 5.32 Å². The average Bonchev–Trinajstić information content (AvgIpc) is 3.35. The lowest BCUT2D eigenvalue weighted by molar-refractivity contribution is 0.102. The molecule has 0 aliphatic rings. The van der Waals surface area contributed by atoms with Gasteiger partial charge in [-0.25, -0.2) is 4.39 Å². The first-order chi connectivity index (χ1) is 13.1. The van der Waals surface area contributed by atoms with Gasteiger partial charge in [-0.1, -0.05) is 12.1 Å². The lowest BCUT2D eigenvalue weighted by atomic mass is 10.1. The molecule has 2 aromatic heterocycles. The third-order valence-electron chi connectivity index (χ3n) is 3.74. The summed E-state index contributed by atoms with van der Waals surface area (Å²) in [6.45, 7) is 0. The Balaban J connectivity index is 1.62. The van der Waals surface area contributed by atoms with Gasteiger partial charge in [-0.05, 0) is 58.4 Å². The molecule has 0 saturated heterocycles. The SMILES string of the molecule is O=C(Nc1cc(-c2nnc(-c3ccco3)o2)ccc1Br)c1ccccc1F. The number of anilines is 1. The Morgan fingerprint density at radius 2 is 1.85 bits per heavy atom. The van der Waals surface area contributed by atoms with E-state index in [9.17, 15) is 9.18 Å². The maximum Gasteiger partial charge on any atom is 0.283 e. The number of nitrogens with zero attached hydrogens (tertiary/aromatic N) is 2.